The van der Waals surface area contributed by atoms with Crippen LogP contribution < -0.4 is 5.32 Å². The molecule has 1 aliphatic heterocycles. The van der Waals surface area contributed by atoms with Crippen molar-refractivity contribution in [3.8, 4) is 6.07 Å². The predicted octanol–water partition coefficient (Wildman–Crippen LogP) is 0.972. The topological polar surface area (TPSA) is 39.1 Å². The predicted molar refractivity (Wildman–Crippen MR) is 53.3 cm³/mol. The molecule has 0 aromatic carbocycles. The zero-order valence-corrected chi connectivity index (χ0v) is 8.58. The first kappa shape index (κ1) is 10.5. The number of rotatable bonds is 2. The van der Waals surface area contributed by atoms with Gasteiger partial charge in [0.1, 0.15) is 0 Å². The average molecular weight is 181 g/mol. The summed E-state index contributed by atoms with van der Waals surface area (Å²) in [7, 11) is 0. The summed E-state index contributed by atoms with van der Waals surface area (Å²) < 4.78 is 0. The summed E-state index contributed by atoms with van der Waals surface area (Å²) in [5, 5.41) is 12.1. The van der Waals surface area contributed by atoms with E-state index in [0.29, 0.717) is 18.5 Å². The Kier molecular flexibility index (Phi) is 4.20. The second-order valence-corrected chi connectivity index (χ2v) is 3.69. The minimum absolute atomic E-state index is 0.410. The van der Waals surface area contributed by atoms with Crippen LogP contribution in [0.15, 0.2) is 0 Å². The van der Waals surface area contributed by atoms with Gasteiger partial charge in [0, 0.05) is 18.6 Å². The highest BCUT2D eigenvalue weighted by atomic mass is 15.2. The lowest BCUT2D eigenvalue weighted by Crippen LogP contribution is -2.43. The van der Waals surface area contributed by atoms with Crippen LogP contribution in [0.25, 0.3) is 0 Å². The zero-order valence-electron chi connectivity index (χ0n) is 8.58. The van der Waals surface area contributed by atoms with Crippen LogP contribution in [0.2, 0.25) is 0 Å². The first-order chi connectivity index (χ1) is 6.29. The molecule has 1 saturated heterocycles. The van der Waals surface area contributed by atoms with Gasteiger partial charge in [0.25, 0.3) is 0 Å². The third-order valence-corrected chi connectivity index (χ3v) is 2.85. The maximum Gasteiger partial charge on any atom is 0.0638 e. The first-order valence-corrected chi connectivity index (χ1v) is 5.13. The molecule has 0 aromatic heterocycles. The molecule has 1 N–H and O–H groups in total. The molecule has 3 nitrogen and oxygen atoms in total. The Morgan fingerprint density at radius 1 is 1.62 bits per heavy atom. The van der Waals surface area contributed by atoms with Gasteiger partial charge in [-0.05, 0) is 26.4 Å². The maximum atomic E-state index is 8.71. The van der Waals surface area contributed by atoms with Crippen molar-refractivity contribution in [2.45, 2.75) is 38.8 Å². The maximum absolute atomic E-state index is 8.71. The smallest absolute Gasteiger partial charge is 0.0638 e. The summed E-state index contributed by atoms with van der Waals surface area (Å²) in [6, 6.07) is 3.29. The highest BCUT2D eigenvalue weighted by Gasteiger charge is 2.23. The molecule has 1 fully saturated rings. The largest absolute Gasteiger partial charge is 0.315 e. The summed E-state index contributed by atoms with van der Waals surface area (Å²) in [6.45, 7) is 7.52. The van der Waals surface area contributed by atoms with Gasteiger partial charge in [0.05, 0.1) is 12.5 Å². The van der Waals surface area contributed by atoms with Crippen LogP contribution in [-0.4, -0.2) is 36.6 Å². The highest BCUT2D eigenvalue weighted by Crippen LogP contribution is 2.13. The molecule has 0 aromatic rings. The zero-order chi connectivity index (χ0) is 9.68. The van der Waals surface area contributed by atoms with E-state index >= 15 is 0 Å². The Balaban J connectivity index is 2.60. The molecule has 0 radical (unpaired) electrons. The molecule has 2 unspecified atom stereocenters. The third kappa shape index (κ3) is 2.68. The number of nitriles is 1. The average Bonchev–Trinajstić information content (AvgIpc) is 2.28. The van der Waals surface area contributed by atoms with Crippen LogP contribution in [0.3, 0.4) is 0 Å². The quantitative estimate of drug-likeness (QED) is 0.690. The van der Waals surface area contributed by atoms with Crippen LogP contribution in [0.4, 0.5) is 0 Å². The summed E-state index contributed by atoms with van der Waals surface area (Å²) in [4.78, 5) is 2.43. The molecule has 1 rings (SSSR count). The molecular weight excluding hydrogens is 162 g/mol. The van der Waals surface area contributed by atoms with Gasteiger partial charge in [-0.1, -0.05) is 6.92 Å². The van der Waals surface area contributed by atoms with Crippen molar-refractivity contribution in [1.82, 2.24) is 10.2 Å². The van der Waals surface area contributed by atoms with Crippen molar-refractivity contribution in [1.29, 1.82) is 5.26 Å². The summed E-state index contributed by atoms with van der Waals surface area (Å²) >= 11 is 0. The van der Waals surface area contributed by atoms with E-state index in [2.05, 4.69) is 30.1 Å². The molecule has 2 atom stereocenters. The van der Waals surface area contributed by atoms with Crippen molar-refractivity contribution in [3.05, 3.63) is 0 Å². The third-order valence-electron chi connectivity index (χ3n) is 2.85. The van der Waals surface area contributed by atoms with Gasteiger partial charge in [-0.25, -0.2) is 0 Å². The minimum Gasteiger partial charge on any atom is -0.315 e. The number of nitrogens with one attached hydrogen (secondary N) is 1. The fraction of sp³-hybridized carbons (Fsp3) is 0.900. The Bertz CT molecular complexity index is 185. The van der Waals surface area contributed by atoms with Crippen molar-refractivity contribution in [3.63, 3.8) is 0 Å². The number of hydrogen-bond acceptors (Lipinski definition) is 3. The lowest BCUT2D eigenvalue weighted by Gasteiger charge is -2.31. The van der Waals surface area contributed by atoms with Crippen molar-refractivity contribution >= 4 is 0 Å². The van der Waals surface area contributed by atoms with E-state index in [-0.39, 0.29) is 0 Å². The van der Waals surface area contributed by atoms with E-state index in [1.807, 2.05) is 0 Å². The van der Waals surface area contributed by atoms with Gasteiger partial charge in [-0.15, -0.1) is 0 Å². The molecule has 1 heterocycles. The first-order valence-electron chi connectivity index (χ1n) is 5.13. The summed E-state index contributed by atoms with van der Waals surface area (Å²) in [6.07, 6.45) is 1.83. The SMILES string of the molecule is CCN1C(C)CCNCC1CC#N. The van der Waals surface area contributed by atoms with Crippen molar-refractivity contribution in [2.24, 2.45) is 0 Å². The van der Waals surface area contributed by atoms with E-state index in [4.69, 9.17) is 5.26 Å². The molecule has 74 valence electrons. The van der Waals surface area contributed by atoms with Crippen LogP contribution in [0, 0.1) is 11.3 Å². The summed E-state index contributed by atoms with van der Waals surface area (Å²) in [5.74, 6) is 0. The molecular formula is C10H19N3. The minimum atomic E-state index is 0.410. The lowest BCUT2D eigenvalue weighted by atomic mass is 10.1. The fourth-order valence-electron chi connectivity index (χ4n) is 2.09. The Morgan fingerprint density at radius 2 is 2.38 bits per heavy atom. The van der Waals surface area contributed by atoms with Crippen LogP contribution in [-0.2, 0) is 0 Å². The molecule has 1 aliphatic rings. The van der Waals surface area contributed by atoms with Gasteiger partial charge in [-0.2, -0.15) is 5.26 Å². The Labute approximate surface area is 80.7 Å². The molecule has 0 saturated carbocycles. The van der Waals surface area contributed by atoms with E-state index in [0.717, 1.165) is 19.6 Å². The normalized spacial score (nSPS) is 30.8. The van der Waals surface area contributed by atoms with Crippen LogP contribution >= 0.6 is 0 Å². The fourth-order valence-corrected chi connectivity index (χ4v) is 2.09. The molecule has 3 heteroatoms. The monoisotopic (exact) mass is 181 g/mol. The highest BCUT2D eigenvalue weighted by molar-refractivity contribution is 4.88. The van der Waals surface area contributed by atoms with E-state index in [1.165, 1.54) is 6.42 Å². The van der Waals surface area contributed by atoms with Crippen LogP contribution in [0.1, 0.15) is 26.7 Å². The Hall–Kier alpha value is -0.590. The Morgan fingerprint density at radius 3 is 3.00 bits per heavy atom. The molecule has 0 amide bonds. The molecule has 0 aliphatic carbocycles. The van der Waals surface area contributed by atoms with Gasteiger partial charge < -0.3 is 5.32 Å². The van der Waals surface area contributed by atoms with Gasteiger partial charge >= 0.3 is 0 Å². The molecule has 0 bridgehead atoms. The molecule has 0 spiro atoms. The number of nitrogens with zero attached hydrogens (tertiary/aromatic N) is 2. The number of hydrogen-bond donors (Lipinski definition) is 1. The summed E-state index contributed by atoms with van der Waals surface area (Å²) in [5.41, 5.74) is 0. The van der Waals surface area contributed by atoms with Gasteiger partial charge in [0.15, 0.2) is 0 Å². The van der Waals surface area contributed by atoms with Gasteiger partial charge in [0.2, 0.25) is 0 Å². The van der Waals surface area contributed by atoms with E-state index < -0.39 is 0 Å². The second-order valence-electron chi connectivity index (χ2n) is 3.69. The van der Waals surface area contributed by atoms with Crippen molar-refractivity contribution in [2.75, 3.05) is 19.6 Å². The molecule has 13 heavy (non-hydrogen) atoms. The second kappa shape index (κ2) is 5.21. The lowest BCUT2D eigenvalue weighted by molar-refractivity contribution is 0.164. The van der Waals surface area contributed by atoms with Crippen LogP contribution in [0.5, 0.6) is 0 Å². The number of likely N-dealkylation sites (N-methyl/N-ethyl adjacent to an activating group) is 1. The van der Waals surface area contributed by atoms with E-state index in [1.54, 1.807) is 0 Å². The van der Waals surface area contributed by atoms with Crippen molar-refractivity contribution < 1.29 is 0 Å². The van der Waals surface area contributed by atoms with E-state index in [9.17, 15) is 0 Å². The standard InChI is InChI=1S/C10H19N3/c1-3-13-9(2)5-7-12-8-10(13)4-6-11/h9-10,12H,3-5,7-8H2,1-2H3. The van der Waals surface area contributed by atoms with Gasteiger partial charge in [-0.3, -0.25) is 4.90 Å².